The average Bonchev–Trinajstić information content (AvgIpc) is 2.40. The van der Waals surface area contributed by atoms with Gasteiger partial charge in [-0.1, -0.05) is 11.6 Å². The molecule has 0 unspecified atom stereocenters. The van der Waals surface area contributed by atoms with Crippen molar-refractivity contribution in [3.8, 4) is 6.07 Å². The maximum Gasteiger partial charge on any atom is 0.230 e. The minimum atomic E-state index is -0.153. The molecule has 18 heavy (non-hydrogen) atoms. The van der Waals surface area contributed by atoms with Crippen LogP contribution in [-0.2, 0) is 0 Å². The van der Waals surface area contributed by atoms with Crippen LogP contribution >= 0.6 is 0 Å². The number of benzene rings is 1. The number of hydrogen-bond donors (Lipinski definition) is 0. The molecular weight excluding hydrogens is 228 g/mol. The summed E-state index contributed by atoms with van der Waals surface area (Å²) in [5, 5.41) is 9.68. The monoisotopic (exact) mass is 236 g/mol. The lowest BCUT2D eigenvalue weighted by atomic mass is 10.1. The first-order valence-electron chi connectivity index (χ1n) is 5.42. The molecule has 86 valence electrons. The second-order valence-electron chi connectivity index (χ2n) is 4.12. The van der Waals surface area contributed by atoms with E-state index in [9.17, 15) is 4.79 Å². The van der Waals surface area contributed by atoms with Crippen LogP contribution in [0.25, 0.3) is 22.1 Å². The fourth-order valence-corrected chi connectivity index (χ4v) is 1.92. The Morgan fingerprint density at radius 3 is 2.89 bits per heavy atom. The smallest absolute Gasteiger partial charge is 0.230 e. The van der Waals surface area contributed by atoms with Gasteiger partial charge in [-0.3, -0.25) is 4.79 Å². The molecule has 0 aliphatic rings. The molecule has 0 fully saturated rings. The Balaban J connectivity index is 2.54. The summed E-state index contributed by atoms with van der Waals surface area (Å²) in [7, 11) is 0. The number of hydrogen-bond acceptors (Lipinski definition) is 4. The zero-order chi connectivity index (χ0) is 12.7. The lowest BCUT2D eigenvalue weighted by Crippen LogP contribution is -2.03. The van der Waals surface area contributed by atoms with Crippen molar-refractivity contribution in [1.82, 2.24) is 4.98 Å². The minimum Gasteiger partial charge on any atom is -0.437 e. The summed E-state index contributed by atoms with van der Waals surface area (Å²) in [6.07, 6.45) is 1.39. The van der Waals surface area contributed by atoms with Gasteiger partial charge in [0.05, 0.1) is 16.3 Å². The van der Waals surface area contributed by atoms with Crippen molar-refractivity contribution in [3.05, 3.63) is 51.8 Å². The van der Waals surface area contributed by atoms with Crippen LogP contribution in [0, 0.1) is 18.3 Å². The SMILES string of the molecule is Cc1ccc2oc3ncc(C#N)cc3c(=O)c2c1. The molecule has 0 saturated heterocycles. The predicted octanol–water partition coefficient (Wildman–Crippen LogP) is 2.52. The molecule has 0 spiro atoms. The van der Waals surface area contributed by atoms with E-state index >= 15 is 0 Å². The number of aromatic nitrogens is 1. The molecule has 0 radical (unpaired) electrons. The number of nitrogens with zero attached hydrogens (tertiary/aromatic N) is 2. The van der Waals surface area contributed by atoms with Crippen molar-refractivity contribution in [2.45, 2.75) is 6.92 Å². The molecule has 0 bridgehead atoms. The molecule has 2 heterocycles. The zero-order valence-corrected chi connectivity index (χ0v) is 9.60. The van der Waals surface area contributed by atoms with Gasteiger partial charge in [0.15, 0.2) is 0 Å². The molecule has 0 saturated carbocycles. The quantitative estimate of drug-likeness (QED) is 0.562. The van der Waals surface area contributed by atoms with E-state index in [2.05, 4.69) is 4.98 Å². The Kier molecular flexibility index (Phi) is 2.14. The molecule has 0 amide bonds. The van der Waals surface area contributed by atoms with E-state index in [0.29, 0.717) is 21.9 Å². The first-order valence-corrected chi connectivity index (χ1v) is 5.42. The molecule has 0 N–H and O–H groups in total. The second kappa shape index (κ2) is 3.67. The normalized spacial score (nSPS) is 10.7. The average molecular weight is 236 g/mol. The topological polar surface area (TPSA) is 66.9 Å². The van der Waals surface area contributed by atoms with Gasteiger partial charge in [-0.25, -0.2) is 4.98 Å². The van der Waals surface area contributed by atoms with Crippen LogP contribution in [0.5, 0.6) is 0 Å². The van der Waals surface area contributed by atoms with Crippen molar-refractivity contribution in [3.63, 3.8) is 0 Å². The third kappa shape index (κ3) is 1.45. The number of nitriles is 1. The van der Waals surface area contributed by atoms with E-state index < -0.39 is 0 Å². The van der Waals surface area contributed by atoms with Crippen LogP contribution < -0.4 is 5.43 Å². The zero-order valence-electron chi connectivity index (χ0n) is 9.60. The molecule has 0 atom stereocenters. The molecule has 0 aliphatic carbocycles. The number of rotatable bonds is 0. The van der Waals surface area contributed by atoms with Gasteiger partial charge in [0.2, 0.25) is 11.1 Å². The highest BCUT2D eigenvalue weighted by Crippen LogP contribution is 2.18. The van der Waals surface area contributed by atoms with E-state index in [1.165, 1.54) is 12.3 Å². The maximum absolute atomic E-state index is 12.3. The highest BCUT2D eigenvalue weighted by Gasteiger charge is 2.09. The van der Waals surface area contributed by atoms with Crippen LogP contribution in [0.2, 0.25) is 0 Å². The van der Waals surface area contributed by atoms with Gasteiger partial charge in [0.1, 0.15) is 11.7 Å². The number of fused-ring (bicyclic) bond motifs is 2. The highest BCUT2D eigenvalue weighted by atomic mass is 16.3. The molecule has 1 aromatic carbocycles. The summed E-state index contributed by atoms with van der Waals surface area (Å²) < 4.78 is 5.56. The van der Waals surface area contributed by atoms with E-state index in [-0.39, 0.29) is 11.1 Å². The van der Waals surface area contributed by atoms with Crippen molar-refractivity contribution in [1.29, 1.82) is 5.26 Å². The minimum absolute atomic E-state index is 0.153. The Hall–Kier alpha value is -2.67. The number of aryl methyl sites for hydroxylation is 1. The Morgan fingerprint density at radius 2 is 2.11 bits per heavy atom. The van der Waals surface area contributed by atoms with E-state index in [1.54, 1.807) is 12.1 Å². The fourth-order valence-electron chi connectivity index (χ4n) is 1.92. The van der Waals surface area contributed by atoms with Crippen LogP contribution in [0.15, 0.2) is 39.7 Å². The predicted molar refractivity (Wildman–Crippen MR) is 67.2 cm³/mol. The maximum atomic E-state index is 12.3. The summed E-state index contributed by atoms with van der Waals surface area (Å²) in [6.45, 7) is 1.91. The molecule has 3 aromatic rings. The summed E-state index contributed by atoms with van der Waals surface area (Å²) in [5.74, 6) is 0. The largest absolute Gasteiger partial charge is 0.437 e. The molecule has 4 heteroatoms. The Bertz CT molecular complexity index is 872. The van der Waals surface area contributed by atoms with Crippen molar-refractivity contribution >= 4 is 22.1 Å². The number of pyridine rings is 1. The summed E-state index contributed by atoms with van der Waals surface area (Å²) >= 11 is 0. The van der Waals surface area contributed by atoms with Crippen molar-refractivity contribution < 1.29 is 4.42 Å². The summed E-state index contributed by atoms with van der Waals surface area (Å²) in [4.78, 5) is 16.3. The van der Waals surface area contributed by atoms with Gasteiger partial charge in [0.25, 0.3) is 0 Å². The first-order chi connectivity index (χ1) is 8.69. The van der Waals surface area contributed by atoms with Crippen LogP contribution in [0.1, 0.15) is 11.1 Å². The van der Waals surface area contributed by atoms with Gasteiger partial charge in [0, 0.05) is 6.20 Å². The van der Waals surface area contributed by atoms with E-state index in [1.807, 2.05) is 19.1 Å². The van der Waals surface area contributed by atoms with Gasteiger partial charge in [-0.15, -0.1) is 0 Å². The summed E-state index contributed by atoms with van der Waals surface area (Å²) in [6, 6.07) is 8.88. The van der Waals surface area contributed by atoms with Crippen molar-refractivity contribution in [2.75, 3.05) is 0 Å². The standard InChI is InChI=1S/C14H8N2O2/c1-8-2-3-12-10(4-8)13(17)11-5-9(6-15)7-16-14(11)18-12/h2-5,7H,1H3. The highest BCUT2D eigenvalue weighted by molar-refractivity contribution is 5.88. The lowest BCUT2D eigenvalue weighted by molar-refractivity contribution is 0.644. The van der Waals surface area contributed by atoms with Gasteiger partial charge in [-0.2, -0.15) is 5.26 Å². The molecule has 4 nitrogen and oxygen atoms in total. The lowest BCUT2D eigenvalue weighted by Gasteiger charge is -2.01. The van der Waals surface area contributed by atoms with Crippen LogP contribution in [-0.4, -0.2) is 4.98 Å². The molecule has 3 rings (SSSR count). The Labute approximate surface area is 102 Å². The van der Waals surface area contributed by atoms with Gasteiger partial charge in [-0.05, 0) is 25.1 Å². The molecular formula is C14H8N2O2. The van der Waals surface area contributed by atoms with Gasteiger partial charge >= 0.3 is 0 Å². The van der Waals surface area contributed by atoms with Crippen LogP contribution in [0.3, 0.4) is 0 Å². The third-order valence-electron chi connectivity index (χ3n) is 2.81. The van der Waals surface area contributed by atoms with Gasteiger partial charge < -0.3 is 4.42 Å². The van der Waals surface area contributed by atoms with Crippen LogP contribution in [0.4, 0.5) is 0 Å². The fraction of sp³-hybridized carbons (Fsp3) is 0.0714. The van der Waals surface area contributed by atoms with Crippen molar-refractivity contribution in [2.24, 2.45) is 0 Å². The van der Waals surface area contributed by atoms with E-state index in [0.717, 1.165) is 5.56 Å². The van der Waals surface area contributed by atoms with E-state index in [4.69, 9.17) is 9.68 Å². The second-order valence-corrected chi connectivity index (χ2v) is 4.12. The first kappa shape index (κ1) is 10.5. The molecule has 0 aliphatic heterocycles. The molecule has 2 aromatic heterocycles. The third-order valence-corrected chi connectivity index (χ3v) is 2.81. The summed E-state index contributed by atoms with van der Waals surface area (Å²) in [5.41, 5.74) is 1.95. The Morgan fingerprint density at radius 1 is 1.28 bits per heavy atom.